The zero-order valence-electron chi connectivity index (χ0n) is 52.0. The van der Waals surface area contributed by atoms with Crippen LogP contribution < -0.4 is 5.32 Å². The van der Waals surface area contributed by atoms with Crippen LogP contribution in [0.4, 0.5) is 0 Å². The number of esters is 1. The van der Waals surface area contributed by atoms with E-state index in [0.29, 0.717) is 19.4 Å². The normalized spacial score (nSPS) is 12.7. The lowest BCUT2D eigenvalue weighted by atomic mass is 10.0. The summed E-state index contributed by atoms with van der Waals surface area (Å²) in [6.07, 6.45) is 85.0. The van der Waals surface area contributed by atoms with Crippen LogP contribution >= 0.6 is 0 Å². The lowest BCUT2D eigenvalue weighted by Gasteiger charge is -2.20. The maximum Gasteiger partial charge on any atom is 0.305 e. The molecule has 0 saturated heterocycles. The SMILES string of the molecule is CCCCC/C=C\C/C=C\CCCCCCCCCC(=O)OCCCCCCCCCCCCCCCCCCCCCCCCCCCC(=O)NC(CO)C(O)/C=C/CCCCCCCCCCCCCCCCCC. The molecule has 0 bridgehead atoms. The van der Waals surface area contributed by atoms with E-state index in [1.807, 2.05) is 6.08 Å². The highest BCUT2D eigenvalue weighted by Gasteiger charge is 2.18. The number of unbranched alkanes of at least 4 members (excludes halogenated alkanes) is 50. The molecule has 1 amide bonds. The molecule has 77 heavy (non-hydrogen) atoms. The molecule has 0 rings (SSSR count). The van der Waals surface area contributed by atoms with E-state index in [1.165, 1.54) is 302 Å². The van der Waals surface area contributed by atoms with Gasteiger partial charge in [0.2, 0.25) is 5.91 Å². The fraction of sp³-hybridized carbons (Fsp3) is 0.887. The van der Waals surface area contributed by atoms with E-state index >= 15 is 0 Å². The minimum absolute atomic E-state index is 0.00862. The summed E-state index contributed by atoms with van der Waals surface area (Å²) in [6, 6.07) is -0.627. The van der Waals surface area contributed by atoms with Crippen LogP contribution in [-0.2, 0) is 14.3 Å². The molecule has 454 valence electrons. The smallest absolute Gasteiger partial charge is 0.305 e. The van der Waals surface area contributed by atoms with Crippen molar-refractivity contribution >= 4 is 11.9 Å². The van der Waals surface area contributed by atoms with Gasteiger partial charge in [-0.15, -0.1) is 0 Å². The van der Waals surface area contributed by atoms with Gasteiger partial charge in [0, 0.05) is 12.8 Å². The molecule has 0 aromatic carbocycles. The highest BCUT2D eigenvalue weighted by atomic mass is 16.5. The van der Waals surface area contributed by atoms with Crippen LogP contribution in [0, 0.1) is 0 Å². The van der Waals surface area contributed by atoms with Crippen molar-refractivity contribution in [2.75, 3.05) is 13.2 Å². The van der Waals surface area contributed by atoms with Gasteiger partial charge in [-0.2, -0.15) is 0 Å². The van der Waals surface area contributed by atoms with Crippen LogP contribution in [-0.4, -0.2) is 47.4 Å². The average molecular weight is 1080 g/mol. The molecule has 0 aromatic heterocycles. The zero-order valence-corrected chi connectivity index (χ0v) is 52.0. The second-order valence-corrected chi connectivity index (χ2v) is 23.9. The Labute approximate surface area is 481 Å². The highest BCUT2D eigenvalue weighted by Crippen LogP contribution is 2.18. The van der Waals surface area contributed by atoms with E-state index in [1.54, 1.807) is 6.08 Å². The predicted molar refractivity (Wildman–Crippen MR) is 338 cm³/mol. The van der Waals surface area contributed by atoms with Crippen LogP contribution in [0.15, 0.2) is 36.5 Å². The Balaban J connectivity index is 3.38. The van der Waals surface area contributed by atoms with Gasteiger partial charge in [-0.3, -0.25) is 9.59 Å². The third-order valence-electron chi connectivity index (χ3n) is 16.2. The summed E-state index contributed by atoms with van der Waals surface area (Å²) in [4.78, 5) is 24.6. The number of nitrogens with one attached hydrogen (secondary N) is 1. The first-order valence-electron chi connectivity index (χ1n) is 34.8. The average Bonchev–Trinajstić information content (AvgIpc) is 3.43. The summed E-state index contributed by atoms with van der Waals surface area (Å²) in [6.45, 7) is 4.91. The van der Waals surface area contributed by atoms with Crippen LogP contribution in [0.5, 0.6) is 0 Å². The van der Waals surface area contributed by atoms with Gasteiger partial charge < -0.3 is 20.3 Å². The topological polar surface area (TPSA) is 95.9 Å². The zero-order chi connectivity index (χ0) is 55.7. The predicted octanol–water partition coefficient (Wildman–Crippen LogP) is 22.3. The van der Waals surface area contributed by atoms with Gasteiger partial charge >= 0.3 is 5.97 Å². The number of aliphatic hydroxyl groups is 2. The first kappa shape index (κ1) is 75.1. The van der Waals surface area contributed by atoms with E-state index < -0.39 is 12.1 Å². The molecule has 2 unspecified atom stereocenters. The molecule has 0 spiro atoms. The number of carbonyl (C=O) groups excluding carboxylic acids is 2. The Morgan fingerprint density at radius 3 is 1.01 bits per heavy atom. The van der Waals surface area contributed by atoms with Gasteiger partial charge in [0.05, 0.1) is 25.4 Å². The van der Waals surface area contributed by atoms with Crippen molar-refractivity contribution in [3.63, 3.8) is 0 Å². The van der Waals surface area contributed by atoms with E-state index in [4.69, 9.17) is 4.74 Å². The van der Waals surface area contributed by atoms with Crippen molar-refractivity contribution in [2.24, 2.45) is 0 Å². The molecule has 0 aliphatic rings. The Kier molecular flexibility index (Phi) is 64.9. The molecule has 0 radical (unpaired) electrons. The standard InChI is InChI=1S/C71H135NO5/c1-3-5-7-9-11-13-15-17-19-21-32-35-39-43-47-51-55-59-63-69(74)68(67-73)72-70(75)64-60-56-52-48-44-40-36-33-29-27-25-23-22-24-26-28-30-34-38-42-46-50-54-58-62-66-77-71(76)65-61-57-53-49-45-41-37-31-20-18-16-14-12-10-8-6-4-2/h12,14,18,20,59,63,68-69,73-74H,3-11,13,15-17,19,21-58,60-62,64-67H2,1-2H3,(H,72,75)/b14-12-,20-18-,63-59+. The van der Waals surface area contributed by atoms with Gasteiger partial charge in [0.1, 0.15) is 0 Å². The summed E-state index contributed by atoms with van der Waals surface area (Å²) < 4.78 is 5.50. The van der Waals surface area contributed by atoms with Gasteiger partial charge in [0.25, 0.3) is 0 Å². The molecule has 3 N–H and O–H groups in total. The number of hydrogen-bond donors (Lipinski definition) is 3. The van der Waals surface area contributed by atoms with Crippen LogP contribution in [0.25, 0.3) is 0 Å². The first-order valence-corrected chi connectivity index (χ1v) is 34.8. The number of hydrogen-bond acceptors (Lipinski definition) is 5. The van der Waals surface area contributed by atoms with Crippen molar-refractivity contribution in [2.45, 2.75) is 392 Å². The summed E-state index contributed by atoms with van der Waals surface area (Å²) in [7, 11) is 0. The molecular weight excluding hydrogens is 947 g/mol. The first-order chi connectivity index (χ1) is 38.0. The summed E-state index contributed by atoms with van der Waals surface area (Å²) in [5.74, 6) is -0.0548. The van der Waals surface area contributed by atoms with E-state index in [0.717, 1.165) is 51.4 Å². The van der Waals surface area contributed by atoms with Crippen molar-refractivity contribution in [1.82, 2.24) is 5.32 Å². The second-order valence-electron chi connectivity index (χ2n) is 23.9. The lowest BCUT2D eigenvalue weighted by Crippen LogP contribution is -2.45. The van der Waals surface area contributed by atoms with Crippen LogP contribution in [0.1, 0.15) is 380 Å². The summed E-state index contributed by atoms with van der Waals surface area (Å²) >= 11 is 0. The largest absolute Gasteiger partial charge is 0.466 e. The molecule has 0 saturated carbocycles. The fourth-order valence-electron chi connectivity index (χ4n) is 10.8. The maximum absolute atomic E-state index is 12.5. The third-order valence-corrected chi connectivity index (χ3v) is 16.2. The number of carbonyl (C=O) groups is 2. The van der Waals surface area contributed by atoms with Gasteiger partial charge in [-0.05, 0) is 64.2 Å². The molecule has 6 nitrogen and oxygen atoms in total. The minimum atomic E-state index is -0.844. The van der Waals surface area contributed by atoms with Crippen molar-refractivity contribution in [3.8, 4) is 0 Å². The summed E-state index contributed by atoms with van der Waals surface area (Å²) in [5.41, 5.74) is 0. The molecular formula is C71H135NO5. The van der Waals surface area contributed by atoms with Crippen molar-refractivity contribution in [1.29, 1.82) is 0 Å². The quantitative estimate of drug-likeness (QED) is 0.0320. The number of amides is 1. The minimum Gasteiger partial charge on any atom is -0.466 e. The number of ether oxygens (including phenoxy) is 1. The molecule has 0 fully saturated rings. The van der Waals surface area contributed by atoms with Crippen LogP contribution in [0.3, 0.4) is 0 Å². The molecule has 0 aliphatic carbocycles. The van der Waals surface area contributed by atoms with E-state index in [2.05, 4.69) is 43.5 Å². The number of rotatable bonds is 65. The molecule has 0 aliphatic heterocycles. The lowest BCUT2D eigenvalue weighted by molar-refractivity contribution is -0.143. The Hall–Kier alpha value is -1.92. The Morgan fingerprint density at radius 2 is 0.649 bits per heavy atom. The van der Waals surface area contributed by atoms with Crippen molar-refractivity contribution in [3.05, 3.63) is 36.5 Å². The monoisotopic (exact) mass is 1080 g/mol. The van der Waals surface area contributed by atoms with Crippen LogP contribution in [0.2, 0.25) is 0 Å². The van der Waals surface area contributed by atoms with E-state index in [9.17, 15) is 19.8 Å². The van der Waals surface area contributed by atoms with Crippen molar-refractivity contribution < 1.29 is 24.5 Å². The Bertz CT molecular complexity index is 1250. The maximum atomic E-state index is 12.5. The highest BCUT2D eigenvalue weighted by molar-refractivity contribution is 5.76. The molecule has 0 heterocycles. The third kappa shape index (κ3) is 63.1. The molecule has 2 atom stereocenters. The summed E-state index contributed by atoms with van der Waals surface area (Å²) in [5, 5.41) is 23.2. The van der Waals surface area contributed by atoms with E-state index in [-0.39, 0.29) is 18.5 Å². The molecule has 6 heteroatoms. The molecule has 0 aromatic rings. The number of aliphatic hydroxyl groups excluding tert-OH is 2. The Morgan fingerprint density at radius 1 is 0.364 bits per heavy atom. The number of allylic oxidation sites excluding steroid dienone is 5. The van der Waals surface area contributed by atoms with Gasteiger partial charge in [-0.25, -0.2) is 0 Å². The van der Waals surface area contributed by atoms with Gasteiger partial charge in [0.15, 0.2) is 0 Å². The fourth-order valence-corrected chi connectivity index (χ4v) is 10.8. The van der Waals surface area contributed by atoms with Gasteiger partial charge in [-0.1, -0.05) is 339 Å². The second kappa shape index (κ2) is 66.6.